The summed E-state index contributed by atoms with van der Waals surface area (Å²) in [5.41, 5.74) is 6.31. The molecule has 2 aromatic heterocycles. The second-order valence-electron chi connectivity index (χ2n) is 6.46. The number of nitrogens with one attached hydrogen (secondary N) is 1. The van der Waals surface area contributed by atoms with Crippen molar-refractivity contribution in [3.63, 3.8) is 0 Å². The van der Waals surface area contributed by atoms with Gasteiger partial charge >= 0.3 is 5.69 Å². The van der Waals surface area contributed by atoms with Crippen LogP contribution < -0.4 is 25.6 Å². The van der Waals surface area contributed by atoms with Gasteiger partial charge < -0.3 is 24.9 Å². The van der Waals surface area contributed by atoms with E-state index in [1.807, 2.05) is 0 Å². The van der Waals surface area contributed by atoms with Crippen LogP contribution in [0.4, 0.5) is 0 Å². The fourth-order valence-electron chi connectivity index (χ4n) is 3.37. The summed E-state index contributed by atoms with van der Waals surface area (Å²) in [6.07, 6.45) is 0. The first-order valence-corrected chi connectivity index (χ1v) is 8.93. The van der Waals surface area contributed by atoms with Crippen molar-refractivity contribution in [3.8, 4) is 34.3 Å². The van der Waals surface area contributed by atoms with Crippen LogP contribution in [0.25, 0.3) is 28.2 Å². The number of fused-ring (bicyclic) bond motifs is 2. The molecular weight excluding hydrogens is 390 g/mol. The second-order valence-corrected chi connectivity index (χ2v) is 6.46. The topological polar surface area (TPSA) is 134 Å². The molecule has 10 nitrogen and oxygen atoms in total. The van der Waals surface area contributed by atoms with Crippen molar-refractivity contribution in [2.45, 2.75) is 0 Å². The molecule has 4 aromatic rings. The maximum atomic E-state index is 12.8. The quantitative estimate of drug-likeness (QED) is 0.527. The Morgan fingerprint density at radius 1 is 1.17 bits per heavy atom. The van der Waals surface area contributed by atoms with E-state index in [1.165, 1.54) is 11.7 Å². The van der Waals surface area contributed by atoms with Gasteiger partial charge in [0.25, 0.3) is 5.91 Å². The maximum Gasteiger partial charge on any atom is 0.332 e. The fraction of sp³-hybridized carbons (Fsp3) is 0.100. The average Bonchev–Trinajstić information content (AvgIpc) is 3.35. The van der Waals surface area contributed by atoms with Gasteiger partial charge in [0, 0.05) is 5.56 Å². The molecule has 1 aliphatic rings. The highest BCUT2D eigenvalue weighted by Gasteiger charge is 2.22. The highest BCUT2D eigenvalue weighted by atomic mass is 16.7. The SMILES string of the molecule is COc1ccccc1-n1c(=O)[nH]c2c(C(N)=O)nc(-c3ccc4c(c3)OCO4)nc21. The molecular formula is C20H15N5O5. The summed E-state index contributed by atoms with van der Waals surface area (Å²) in [6, 6.07) is 12.1. The fourth-order valence-corrected chi connectivity index (χ4v) is 3.37. The van der Waals surface area contributed by atoms with Gasteiger partial charge in [0.15, 0.2) is 28.7 Å². The molecule has 0 spiro atoms. The first kappa shape index (κ1) is 17.7. The summed E-state index contributed by atoms with van der Waals surface area (Å²) in [5.74, 6) is 1.01. The molecule has 0 bridgehead atoms. The summed E-state index contributed by atoms with van der Waals surface area (Å²) in [7, 11) is 1.50. The normalized spacial score (nSPS) is 12.3. The zero-order valence-corrected chi connectivity index (χ0v) is 15.7. The number of para-hydroxylation sites is 2. The predicted molar refractivity (Wildman–Crippen MR) is 106 cm³/mol. The molecule has 3 heterocycles. The number of nitrogens with zero attached hydrogens (tertiary/aromatic N) is 3. The third-order valence-electron chi connectivity index (χ3n) is 4.73. The Balaban J connectivity index is 1.81. The van der Waals surface area contributed by atoms with Crippen molar-refractivity contribution in [3.05, 3.63) is 58.6 Å². The maximum absolute atomic E-state index is 12.8. The molecule has 1 amide bonds. The highest BCUT2D eigenvalue weighted by Crippen LogP contribution is 2.35. The number of nitrogens with two attached hydrogens (primary N) is 1. The number of imidazole rings is 1. The molecule has 5 rings (SSSR count). The van der Waals surface area contributed by atoms with Crippen molar-refractivity contribution in [1.82, 2.24) is 19.5 Å². The Morgan fingerprint density at radius 2 is 1.97 bits per heavy atom. The van der Waals surface area contributed by atoms with Crippen LogP contribution in [-0.2, 0) is 0 Å². The van der Waals surface area contributed by atoms with Crippen LogP contribution >= 0.6 is 0 Å². The number of benzene rings is 2. The summed E-state index contributed by atoms with van der Waals surface area (Å²) < 4.78 is 17.4. The van der Waals surface area contributed by atoms with E-state index in [0.717, 1.165) is 0 Å². The van der Waals surface area contributed by atoms with E-state index in [-0.39, 0.29) is 29.5 Å². The van der Waals surface area contributed by atoms with Gasteiger partial charge in [0.2, 0.25) is 6.79 Å². The Labute approximate surface area is 168 Å². The van der Waals surface area contributed by atoms with Gasteiger partial charge in [-0.2, -0.15) is 0 Å². The Morgan fingerprint density at radius 3 is 2.77 bits per heavy atom. The van der Waals surface area contributed by atoms with Crippen LogP contribution in [0, 0.1) is 0 Å². The summed E-state index contributed by atoms with van der Waals surface area (Å²) in [4.78, 5) is 36.3. The van der Waals surface area contributed by atoms with E-state index in [2.05, 4.69) is 15.0 Å². The zero-order chi connectivity index (χ0) is 20.8. The van der Waals surface area contributed by atoms with E-state index >= 15 is 0 Å². The lowest BCUT2D eigenvalue weighted by molar-refractivity contribution is 0.0997. The highest BCUT2D eigenvalue weighted by molar-refractivity contribution is 6.02. The molecule has 0 atom stereocenters. The number of carbonyl (C=O) groups excluding carboxylic acids is 1. The smallest absolute Gasteiger partial charge is 0.332 e. The standard InChI is InChI=1S/C20H15N5O5/c1-28-12-5-3-2-4-11(12)25-19-16(23-20(25)27)15(17(21)26)22-18(24-19)10-6-7-13-14(8-10)30-9-29-13/h2-8H,9H2,1H3,(H2,21,26)(H,23,27). The zero-order valence-electron chi connectivity index (χ0n) is 15.7. The van der Waals surface area contributed by atoms with E-state index in [0.29, 0.717) is 28.5 Å². The Hall–Kier alpha value is -4.34. The van der Waals surface area contributed by atoms with Gasteiger partial charge in [0.1, 0.15) is 11.3 Å². The number of aromatic nitrogens is 4. The summed E-state index contributed by atoms with van der Waals surface area (Å²) >= 11 is 0. The third kappa shape index (κ3) is 2.65. The van der Waals surface area contributed by atoms with E-state index in [1.54, 1.807) is 42.5 Å². The molecule has 0 saturated carbocycles. The Kier molecular flexibility index (Phi) is 3.91. The molecule has 0 saturated heterocycles. The first-order chi connectivity index (χ1) is 14.6. The number of rotatable bonds is 4. The van der Waals surface area contributed by atoms with Gasteiger partial charge in [-0.05, 0) is 30.3 Å². The number of primary amides is 1. The minimum Gasteiger partial charge on any atom is -0.495 e. The van der Waals surface area contributed by atoms with Gasteiger partial charge in [-0.15, -0.1) is 0 Å². The number of ether oxygens (including phenoxy) is 3. The van der Waals surface area contributed by atoms with E-state index < -0.39 is 11.6 Å². The van der Waals surface area contributed by atoms with Crippen molar-refractivity contribution in [1.29, 1.82) is 0 Å². The number of carbonyl (C=O) groups is 1. The largest absolute Gasteiger partial charge is 0.495 e. The molecule has 0 fully saturated rings. The molecule has 3 N–H and O–H groups in total. The number of hydrogen-bond acceptors (Lipinski definition) is 7. The molecule has 30 heavy (non-hydrogen) atoms. The summed E-state index contributed by atoms with van der Waals surface area (Å²) in [5, 5.41) is 0. The number of aromatic amines is 1. The lowest BCUT2D eigenvalue weighted by atomic mass is 10.2. The lowest BCUT2D eigenvalue weighted by Crippen LogP contribution is -2.16. The Bertz CT molecular complexity index is 1370. The van der Waals surface area contributed by atoms with Gasteiger partial charge in [-0.3, -0.25) is 4.79 Å². The molecule has 0 unspecified atom stereocenters. The van der Waals surface area contributed by atoms with Crippen molar-refractivity contribution in [2.75, 3.05) is 13.9 Å². The number of amides is 1. The van der Waals surface area contributed by atoms with Crippen LogP contribution in [-0.4, -0.2) is 39.3 Å². The van der Waals surface area contributed by atoms with Gasteiger partial charge in [-0.25, -0.2) is 19.3 Å². The monoisotopic (exact) mass is 405 g/mol. The molecule has 10 heteroatoms. The lowest BCUT2D eigenvalue weighted by Gasteiger charge is -2.10. The minimum atomic E-state index is -0.794. The van der Waals surface area contributed by atoms with Gasteiger partial charge in [-0.1, -0.05) is 12.1 Å². The van der Waals surface area contributed by atoms with Crippen LogP contribution in [0.5, 0.6) is 17.2 Å². The van der Waals surface area contributed by atoms with Crippen LogP contribution in [0.1, 0.15) is 10.5 Å². The molecule has 1 aliphatic heterocycles. The molecule has 0 radical (unpaired) electrons. The van der Waals surface area contributed by atoms with Crippen molar-refractivity contribution < 1.29 is 19.0 Å². The van der Waals surface area contributed by atoms with E-state index in [4.69, 9.17) is 19.9 Å². The first-order valence-electron chi connectivity index (χ1n) is 8.93. The van der Waals surface area contributed by atoms with Gasteiger partial charge in [0.05, 0.1) is 12.8 Å². The van der Waals surface area contributed by atoms with Crippen LogP contribution in [0.2, 0.25) is 0 Å². The number of hydrogen-bond donors (Lipinski definition) is 2. The molecule has 2 aromatic carbocycles. The predicted octanol–water partition coefficient (Wildman–Crippen LogP) is 1.61. The average molecular weight is 405 g/mol. The third-order valence-corrected chi connectivity index (χ3v) is 4.73. The van der Waals surface area contributed by atoms with Crippen molar-refractivity contribution in [2.24, 2.45) is 5.73 Å². The number of H-pyrrole nitrogens is 1. The van der Waals surface area contributed by atoms with E-state index in [9.17, 15) is 9.59 Å². The second kappa shape index (κ2) is 6.62. The molecule has 150 valence electrons. The van der Waals surface area contributed by atoms with Crippen LogP contribution in [0.3, 0.4) is 0 Å². The van der Waals surface area contributed by atoms with Crippen molar-refractivity contribution >= 4 is 17.1 Å². The summed E-state index contributed by atoms with van der Waals surface area (Å²) in [6.45, 7) is 0.121. The number of methoxy groups -OCH3 is 1. The molecule has 0 aliphatic carbocycles. The van der Waals surface area contributed by atoms with Crippen LogP contribution in [0.15, 0.2) is 47.3 Å². The minimum absolute atomic E-state index is 0.0987.